The van der Waals surface area contributed by atoms with E-state index in [0.717, 1.165) is 10.8 Å². The molecule has 9 heteroatoms. The maximum Gasteiger partial charge on any atom is 0.352 e. The van der Waals surface area contributed by atoms with Gasteiger partial charge in [-0.15, -0.1) is 11.3 Å². The molecule has 0 unspecified atom stereocenters. The summed E-state index contributed by atoms with van der Waals surface area (Å²) in [7, 11) is 0. The molecule has 120 valence electrons. The average molecular weight is 337 g/mol. The van der Waals surface area contributed by atoms with Crippen molar-refractivity contribution in [2.45, 2.75) is 12.3 Å². The van der Waals surface area contributed by atoms with E-state index >= 15 is 0 Å². The highest BCUT2D eigenvalue weighted by molar-refractivity contribution is 7.12. The van der Waals surface area contributed by atoms with Crippen LogP contribution in [0.2, 0.25) is 0 Å². The van der Waals surface area contributed by atoms with Gasteiger partial charge in [0.25, 0.3) is 5.91 Å². The average Bonchev–Trinajstić information content (AvgIpc) is 3.21. The number of halogens is 1. The summed E-state index contributed by atoms with van der Waals surface area (Å²) in [6, 6.07) is 3.26. The highest BCUT2D eigenvalue weighted by Gasteiger charge is 2.23. The molecule has 2 N–H and O–H groups in total. The van der Waals surface area contributed by atoms with E-state index in [1.807, 2.05) is 0 Å². The van der Waals surface area contributed by atoms with E-state index in [1.165, 1.54) is 17.4 Å². The molecule has 23 heavy (non-hydrogen) atoms. The number of hydrogen-bond acceptors (Lipinski definition) is 6. The van der Waals surface area contributed by atoms with Crippen LogP contribution >= 0.6 is 11.3 Å². The van der Waals surface area contributed by atoms with Gasteiger partial charge >= 0.3 is 5.69 Å². The fourth-order valence-electron chi connectivity index (χ4n) is 2.04. The number of nitrogens with zero attached hydrogens (tertiary/aromatic N) is 2. The minimum absolute atomic E-state index is 0.243. The third-order valence-corrected chi connectivity index (χ3v) is 4.01. The number of hydrogen-bond donors (Lipinski definition) is 2. The van der Waals surface area contributed by atoms with Gasteiger partial charge in [0.15, 0.2) is 17.9 Å². The second-order valence-corrected chi connectivity index (χ2v) is 5.64. The number of carbonyl (C=O) groups excluding carboxylic acids is 1. The number of aromatic nitrogens is 2. The summed E-state index contributed by atoms with van der Waals surface area (Å²) < 4.78 is 20.4. The van der Waals surface area contributed by atoms with Gasteiger partial charge in [0.05, 0.1) is 17.7 Å². The molecule has 3 heterocycles. The highest BCUT2D eigenvalue weighted by Crippen LogP contribution is 2.20. The van der Waals surface area contributed by atoms with Crippen LogP contribution in [0.3, 0.4) is 0 Å². The Hall–Kier alpha value is -2.36. The maximum absolute atomic E-state index is 14.1. The van der Waals surface area contributed by atoms with Crippen molar-refractivity contribution in [3.8, 4) is 0 Å². The van der Waals surface area contributed by atoms with E-state index in [0.29, 0.717) is 4.88 Å². The molecule has 0 aliphatic carbocycles. The fraction of sp³-hybridized carbons (Fsp3) is 0.214. The van der Waals surface area contributed by atoms with Crippen LogP contribution in [0.1, 0.15) is 15.9 Å². The molecule has 7 nitrogen and oxygen atoms in total. The first-order valence-corrected chi connectivity index (χ1v) is 7.54. The molecule has 1 amide bonds. The van der Waals surface area contributed by atoms with Gasteiger partial charge in [0.2, 0.25) is 0 Å². The van der Waals surface area contributed by atoms with Gasteiger partial charge in [-0.1, -0.05) is 12.1 Å². The molecule has 0 radical (unpaired) electrons. The first kappa shape index (κ1) is 15.5. The van der Waals surface area contributed by atoms with E-state index in [9.17, 15) is 14.0 Å². The van der Waals surface area contributed by atoms with E-state index in [1.54, 1.807) is 23.6 Å². The summed E-state index contributed by atoms with van der Waals surface area (Å²) in [4.78, 5) is 27.8. The zero-order chi connectivity index (χ0) is 16.4. The molecule has 0 bridgehead atoms. The molecule has 3 rings (SSSR count). The van der Waals surface area contributed by atoms with Crippen molar-refractivity contribution in [1.29, 1.82) is 0 Å². The van der Waals surface area contributed by atoms with Gasteiger partial charge in [-0.2, -0.15) is 4.98 Å². The summed E-state index contributed by atoms with van der Waals surface area (Å²) in [6.45, 7) is -0.243. The van der Waals surface area contributed by atoms with Gasteiger partial charge < -0.3 is 15.2 Å². The molecular weight excluding hydrogens is 325 g/mol. The lowest BCUT2D eigenvalue weighted by Gasteiger charge is -2.15. The van der Waals surface area contributed by atoms with Crippen LogP contribution in [-0.2, 0) is 4.74 Å². The van der Waals surface area contributed by atoms with E-state index in [4.69, 9.17) is 9.84 Å². The lowest BCUT2D eigenvalue weighted by atomic mass is 10.4. The summed E-state index contributed by atoms with van der Waals surface area (Å²) >= 11 is 1.19. The second-order valence-electron chi connectivity index (χ2n) is 4.69. The van der Waals surface area contributed by atoms with Crippen LogP contribution < -0.4 is 11.0 Å². The van der Waals surface area contributed by atoms with Crippen molar-refractivity contribution in [3.63, 3.8) is 0 Å². The molecule has 0 saturated carbocycles. The molecular formula is C14H12FN3O4S. The molecule has 1 aliphatic rings. The molecule has 1 aliphatic heterocycles. The number of rotatable bonds is 4. The maximum atomic E-state index is 14.1. The molecule has 0 aromatic carbocycles. The lowest BCUT2D eigenvalue weighted by molar-refractivity contribution is -0.0106. The van der Waals surface area contributed by atoms with Crippen LogP contribution in [-0.4, -0.2) is 33.3 Å². The van der Waals surface area contributed by atoms with E-state index in [-0.39, 0.29) is 6.61 Å². The molecule has 2 aromatic rings. The smallest absolute Gasteiger partial charge is 0.352 e. The first-order chi connectivity index (χ1) is 11.1. The van der Waals surface area contributed by atoms with Crippen LogP contribution in [0, 0.1) is 5.82 Å². The number of amides is 1. The molecule has 2 aromatic heterocycles. The van der Waals surface area contributed by atoms with Crippen molar-refractivity contribution in [1.82, 2.24) is 9.55 Å². The van der Waals surface area contributed by atoms with Crippen LogP contribution in [0.25, 0.3) is 0 Å². The predicted molar refractivity (Wildman–Crippen MR) is 80.9 cm³/mol. The van der Waals surface area contributed by atoms with E-state index in [2.05, 4.69) is 10.3 Å². The number of ether oxygens (including phenoxy) is 1. The van der Waals surface area contributed by atoms with Gasteiger partial charge in [0.1, 0.15) is 6.10 Å². The monoisotopic (exact) mass is 337 g/mol. The molecule has 0 spiro atoms. The van der Waals surface area contributed by atoms with Gasteiger partial charge in [-0.3, -0.25) is 9.36 Å². The zero-order valence-corrected chi connectivity index (χ0v) is 12.5. The topological polar surface area (TPSA) is 93.5 Å². The van der Waals surface area contributed by atoms with Crippen LogP contribution in [0.4, 0.5) is 10.2 Å². The Kier molecular flexibility index (Phi) is 4.33. The predicted octanol–water partition coefficient (Wildman–Crippen LogP) is 1.14. The van der Waals surface area contributed by atoms with Gasteiger partial charge in [-0.25, -0.2) is 9.18 Å². The number of carbonyl (C=O) groups is 1. The Balaban J connectivity index is 1.82. The van der Waals surface area contributed by atoms with Crippen molar-refractivity contribution in [2.24, 2.45) is 0 Å². The third-order valence-electron chi connectivity index (χ3n) is 3.14. The van der Waals surface area contributed by atoms with Crippen molar-refractivity contribution in [3.05, 3.63) is 57.0 Å². The molecule has 0 fully saturated rings. The van der Waals surface area contributed by atoms with Crippen LogP contribution in [0.15, 0.2) is 40.7 Å². The summed E-state index contributed by atoms with van der Waals surface area (Å²) in [5.74, 6) is -1.84. The quantitative estimate of drug-likeness (QED) is 0.816. The Morgan fingerprint density at radius 1 is 1.52 bits per heavy atom. The number of anilines is 1. The highest BCUT2D eigenvalue weighted by atomic mass is 32.1. The number of aliphatic hydroxyl groups excluding tert-OH is 1. The van der Waals surface area contributed by atoms with Crippen molar-refractivity contribution in [2.75, 3.05) is 11.9 Å². The minimum Gasteiger partial charge on any atom is -0.393 e. The van der Waals surface area contributed by atoms with Gasteiger partial charge in [-0.05, 0) is 17.5 Å². The lowest BCUT2D eigenvalue weighted by Crippen LogP contribution is -2.30. The Labute approximate surface area is 133 Å². The minimum atomic E-state index is -0.862. The van der Waals surface area contributed by atoms with Crippen molar-refractivity contribution >= 4 is 23.1 Å². The van der Waals surface area contributed by atoms with Crippen LogP contribution in [0.5, 0.6) is 0 Å². The SMILES string of the molecule is O=C(Nc1nc(=O)n([C@H]2C=C[C@@H](CO)O2)cc1F)c1cccs1. The number of nitrogens with one attached hydrogen (secondary N) is 1. The standard InChI is InChI=1S/C14H12FN3O4S/c15-9-6-18(11-4-3-8(7-19)22-11)14(21)17-12(9)16-13(20)10-2-1-5-23-10/h1-6,8,11,19H,7H2,(H,16,17,20,21)/t8-,11+/m0/s1. The van der Waals surface area contributed by atoms with Crippen molar-refractivity contribution < 1.29 is 19.0 Å². The molecule has 0 saturated heterocycles. The fourth-order valence-corrected chi connectivity index (χ4v) is 2.66. The third kappa shape index (κ3) is 3.21. The second kappa shape index (κ2) is 6.41. The summed E-state index contributed by atoms with van der Waals surface area (Å²) in [5.41, 5.74) is -0.777. The largest absolute Gasteiger partial charge is 0.393 e. The van der Waals surface area contributed by atoms with E-state index < -0.39 is 35.6 Å². The van der Waals surface area contributed by atoms with Gasteiger partial charge in [0, 0.05) is 0 Å². The Morgan fingerprint density at radius 3 is 3.00 bits per heavy atom. The molecule has 2 atom stereocenters. The normalized spacial score (nSPS) is 19.9. The zero-order valence-electron chi connectivity index (χ0n) is 11.7. The first-order valence-electron chi connectivity index (χ1n) is 6.66. The Morgan fingerprint density at radius 2 is 2.35 bits per heavy atom. The Bertz CT molecular complexity index is 803. The number of thiophene rings is 1. The summed E-state index contributed by atoms with van der Waals surface area (Å²) in [5, 5.41) is 13.0. The number of aliphatic hydroxyl groups is 1. The summed E-state index contributed by atoms with van der Waals surface area (Å²) in [6.07, 6.45) is 2.61.